The zero-order chi connectivity index (χ0) is 17.5. The highest BCUT2D eigenvalue weighted by molar-refractivity contribution is 5.20. The van der Waals surface area contributed by atoms with Gasteiger partial charge in [0.25, 0.3) is 0 Å². The van der Waals surface area contributed by atoms with Gasteiger partial charge in [-0.3, -0.25) is 0 Å². The van der Waals surface area contributed by atoms with Crippen LogP contribution in [0.1, 0.15) is 71.6 Å². The summed E-state index contributed by atoms with van der Waals surface area (Å²) in [5.74, 6) is 1.76. The second-order valence-electron chi connectivity index (χ2n) is 10.2. The summed E-state index contributed by atoms with van der Waals surface area (Å²) in [5.41, 5.74) is 0.959. The summed E-state index contributed by atoms with van der Waals surface area (Å²) in [6.45, 7) is 10.6. The fraction of sp³-hybridized carbons (Fsp3) is 0.909. The van der Waals surface area contributed by atoms with Crippen molar-refractivity contribution in [2.45, 2.75) is 83.0 Å². The minimum atomic E-state index is -0.520. The average Bonchev–Trinajstić information content (AvgIpc) is 3.16. The highest BCUT2D eigenvalue weighted by atomic mass is 16.7. The normalized spacial score (nSPS) is 54.2. The van der Waals surface area contributed by atoms with Crippen molar-refractivity contribution in [2.24, 2.45) is 28.6 Å². The third kappa shape index (κ3) is 1.93. The molecule has 0 aromatic carbocycles. The molecule has 25 heavy (non-hydrogen) atoms. The molecular formula is C22H34O3. The molecule has 1 aliphatic heterocycles. The molecule has 0 unspecified atom stereocenters. The number of hydrogen-bond donors (Lipinski definition) is 1. The van der Waals surface area contributed by atoms with E-state index >= 15 is 0 Å². The van der Waals surface area contributed by atoms with Crippen molar-refractivity contribution in [3.63, 3.8) is 0 Å². The molecule has 0 aromatic heterocycles. The van der Waals surface area contributed by atoms with Crippen molar-refractivity contribution in [2.75, 3.05) is 13.2 Å². The van der Waals surface area contributed by atoms with Crippen LogP contribution < -0.4 is 0 Å². The number of ether oxygens (including phenoxy) is 2. The van der Waals surface area contributed by atoms with E-state index in [0.29, 0.717) is 11.8 Å². The van der Waals surface area contributed by atoms with Gasteiger partial charge >= 0.3 is 0 Å². The van der Waals surface area contributed by atoms with Crippen LogP contribution >= 0.6 is 0 Å². The van der Waals surface area contributed by atoms with Crippen LogP contribution in [0.25, 0.3) is 0 Å². The Morgan fingerprint density at radius 2 is 1.60 bits per heavy atom. The first-order valence-electron chi connectivity index (χ1n) is 10.5. The standard InChI is InChI=1S/C22H34O3/c1-15-4-8-19(2)17-6-9-20(3)18(7-11-22(20)24-12-13-25-22)16(17)5-10-21(19,23)14-15/h16-18,23H,1,4-14H2,2-3H3/t16-,17+,18+,19-,20+,21-/m1/s1. The third-order valence-corrected chi connectivity index (χ3v) is 9.55. The summed E-state index contributed by atoms with van der Waals surface area (Å²) >= 11 is 0. The zero-order valence-corrected chi connectivity index (χ0v) is 16.0. The van der Waals surface area contributed by atoms with Gasteiger partial charge in [0.2, 0.25) is 0 Å². The molecule has 4 aliphatic carbocycles. The molecular weight excluding hydrogens is 312 g/mol. The molecule has 1 heterocycles. The summed E-state index contributed by atoms with van der Waals surface area (Å²) in [5, 5.41) is 11.6. The third-order valence-electron chi connectivity index (χ3n) is 9.55. The predicted molar refractivity (Wildman–Crippen MR) is 97.0 cm³/mol. The van der Waals surface area contributed by atoms with Gasteiger partial charge < -0.3 is 14.6 Å². The predicted octanol–water partition coefficient (Wildman–Crippen LogP) is 4.44. The van der Waals surface area contributed by atoms with Gasteiger partial charge in [0, 0.05) is 17.3 Å². The molecule has 5 aliphatic rings. The maximum atomic E-state index is 11.6. The van der Waals surface area contributed by atoms with Gasteiger partial charge in [0.05, 0.1) is 18.8 Å². The summed E-state index contributed by atoms with van der Waals surface area (Å²) in [7, 11) is 0. The molecule has 1 saturated heterocycles. The van der Waals surface area contributed by atoms with E-state index in [1.165, 1.54) is 31.3 Å². The van der Waals surface area contributed by atoms with Crippen molar-refractivity contribution in [3.05, 3.63) is 12.2 Å². The molecule has 0 aromatic rings. The van der Waals surface area contributed by atoms with E-state index in [0.717, 1.165) is 51.2 Å². The first kappa shape index (κ1) is 16.8. The summed E-state index contributed by atoms with van der Waals surface area (Å²) in [6, 6.07) is 0. The van der Waals surface area contributed by atoms with Crippen LogP contribution in [0, 0.1) is 28.6 Å². The van der Waals surface area contributed by atoms with Crippen molar-refractivity contribution in [1.82, 2.24) is 0 Å². The van der Waals surface area contributed by atoms with Crippen LogP contribution in [0.15, 0.2) is 12.2 Å². The quantitative estimate of drug-likeness (QED) is 0.659. The van der Waals surface area contributed by atoms with Gasteiger partial charge in [-0.05, 0) is 69.1 Å². The molecule has 5 rings (SSSR count). The molecule has 1 N–H and O–H groups in total. The van der Waals surface area contributed by atoms with Gasteiger partial charge in [0.15, 0.2) is 5.79 Å². The monoisotopic (exact) mass is 346 g/mol. The smallest absolute Gasteiger partial charge is 0.174 e. The van der Waals surface area contributed by atoms with E-state index in [2.05, 4.69) is 20.4 Å². The molecule has 4 saturated carbocycles. The maximum Gasteiger partial charge on any atom is 0.174 e. The van der Waals surface area contributed by atoms with Crippen molar-refractivity contribution < 1.29 is 14.6 Å². The Kier molecular flexibility index (Phi) is 3.43. The van der Waals surface area contributed by atoms with Crippen LogP contribution in [0.3, 0.4) is 0 Å². The van der Waals surface area contributed by atoms with Crippen LogP contribution in [-0.2, 0) is 9.47 Å². The summed E-state index contributed by atoms with van der Waals surface area (Å²) in [6.07, 6.45) is 9.86. The van der Waals surface area contributed by atoms with Crippen LogP contribution in [-0.4, -0.2) is 29.7 Å². The van der Waals surface area contributed by atoms with E-state index in [-0.39, 0.29) is 16.6 Å². The van der Waals surface area contributed by atoms with E-state index < -0.39 is 5.60 Å². The Hall–Kier alpha value is -0.380. The lowest BCUT2D eigenvalue weighted by Gasteiger charge is -2.64. The fourth-order valence-electron chi connectivity index (χ4n) is 8.05. The number of rotatable bonds is 0. The van der Waals surface area contributed by atoms with Crippen molar-refractivity contribution in [1.29, 1.82) is 0 Å². The zero-order valence-electron chi connectivity index (χ0n) is 16.0. The molecule has 0 bridgehead atoms. The van der Waals surface area contributed by atoms with Gasteiger partial charge in [-0.2, -0.15) is 0 Å². The van der Waals surface area contributed by atoms with Crippen LogP contribution in [0.5, 0.6) is 0 Å². The van der Waals surface area contributed by atoms with Crippen molar-refractivity contribution in [3.8, 4) is 0 Å². The Bertz CT molecular complexity index is 594. The van der Waals surface area contributed by atoms with E-state index in [9.17, 15) is 5.11 Å². The average molecular weight is 347 g/mol. The highest BCUT2D eigenvalue weighted by Crippen LogP contribution is 2.70. The second-order valence-corrected chi connectivity index (χ2v) is 10.2. The molecule has 6 atom stereocenters. The summed E-state index contributed by atoms with van der Waals surface area (Å²) in [4.78, 5) is 0. The maximum absolute atomic E-state index is 11.6. The van der Waals surface area contributed by atoms with Gasteiger partial charge in [0.1, 0.15) is 0 Å². The fourth-order valence-corrected chi connectivity index (χ4v) is 8.05. The Morgan fingerprint density at radius 1 is 0.920 bits per heavy atom. The molecule has 3 nitrogen and oxygen atoms in total. The first-order chi connectivity index (χ1) is 11.8. The molecule has 0 amide bonds. The minimum absolute atomic E-state index is 0.0611. The van der Waals surface area contributed by atoms with Crippen LogP contribution in [0.2, 0.25) is 0 Å². The Morgan fingerprint density at radius 3 is 2.36 bits per heavy atom. The number of fused-ring (bicyclic) bond motifs is 6. The van der Waals surface area contributed by atoms with E-state index in [4.69, 9.17) is 9.47 Å². The van der Waals surface area contributed by atoms with E-state index in [1.807, 2.05) is 0 Å². The Labute approximate surface area is 152 Å². The van der Waals surface area contributed by atoms with Crippen molar-refractivity contribution >= 4 is 0 Å². The lowest BCUT2D eigenvalue weighted by molar-refractivity contribution is -0.257. The Balaban J connectivity index is 1.49. The minimum Gasteiger partial charge on any atom is -0.389 e. The summed E-state index contributed by atoms with van der Waals surface area (Å²) < 4.78 is 12.5. The van der Waals surface area contributed by atoms with Gasteiger partial charge in [-0.15, -0.1) is 0 Å². The largest absolute Gasteiger partial charge is 0.389 e. The SMILES string of the molecule is C=C1CC[C@]2(C)[C@H]3CC[C@@]4(C)[C@@H](CCC45OCCO5)[C@@H]3CC[C@@]2(O)C1. The topological polar surface area (TPSA) is 38.7 Å². The number of hydrogen-bond acceptors (Lipinski definition) is 3. The van der Waals surface area contributed by atoms with Gasteiger partial charge in [-0.1, -0.05) is 26.0 Å². The molecule has 140 valence electrons. The second kappa shape index (κ2) is 5.11. The molecule has 5 fully saturated rings. The van der Waals surface area contributed by atoms with E-state index in [1.54, 1.807) is 0 Å². The first-order valence-corrected chi connectivity index (χ1v) is 10.5. The lowest BCUT2D eigenvalue weighted by atomic mass is 9.43. The van der Waals surface area contributed by atoms with Crippen LogP contribution in [0.4, 0.5) is 0 Å². The lowest BCUT2D eigenvalue weighted by Crippen LogP contribution is -2.62. The highest BCUT2D eigenvalue weighted by Gasteiger charge is 2.69. The molecule has 3 heteroatoms. The number of aliphatic hydroxyl groups is 1. The van der Waals surface area contributed by atoms with Gasteiger partial charge in [-0.25, -0.2) is 0 Å². The molecule has 0 radical (unpaired) electrons. The molecule has 1 spiro atoms.